The molecule has 106 valence electrons. The van der Waals surface area contributed by atoms with Crippen molar-refractivity contribution in [1.82, 2.24) is 5.32 Å². The molecule has 0 spiro atoms. The Morgan fingerprint density at radius 1 is 1.21 bits per heavy atom. The Morgan fingerprint density at radius 3 is 2.58 bits per heavy atom. The highest BCUT2D eigenvalue weighted by Crippen LogP contribution is 2.28. The van der Waals surface area contributed by atoms with Gasteiger partial charge in [0.1, 0.15) is 11.5 Å². The quantitative estimate of drug-likeness (QED) is 0.853. The van der Waals surface area contributed by atoms with Crippen molar-refractivity contribution >= 4 is 0 Å². The van der Waals surface area contributed by atoms with Gasteiger partial charge >= 0.3 is 0 Å². The molecular formula is C16H25NO2. The number of hydrogen-bond donors (Lipinski definition) is 1. The van der Waals surface area contributed by atoms with E-state index in [4.69, 9.17) is 9.47 Å². The van der Waals surface area contributed by atoms with Gasteiger partial charge in [-0.15, -0.1) is 0 Å². The van der Waals surface area contributed by atoms with Gasteiger partial charge in [-0.2, -0.15) is 0 Å². The van der Waals surface area contributed by atoms with E-state index in [1.165, 1.54) is 31.2 Å². The van der Waals surface area contributed by atoms with Gasteiger partial charge in [-0.05, 0) is 31.7 Å². The zero-order chi connectivity index (χ0) is 13.7. The normalized spacial score (nSPS) is 17.4. The van der Waals surface area contributed by atoms with Crippen molar-refractivity contribution in [3.63, 3.8) is 0 Å². The van der Waals surface area contributed by atoms with Crippen molar-refractivity contribution in [2.75, 3.05) is 14.2 Å². The van der Waals surface area contributed by atoms with Gasteiger partial charge < -0.3 is 14.8 Å². The molecule has 0 bridgehead atoms. The van der Waals surface area contributed by atoms with E-state index in [2.05, 4.69) is 18.3 Å². The highest BCUT2D eigenvalue weighted by molar-refractivity contribution is 5.40. The Balaban J connectivity index is 1.94. The van der Waals surface area contributed by atoms with Crippen LogP contribution in [0.2, 0.25) is 0 Å². The minimum Gasteiger partial charge on any atom is -0.497 e. The minimum absolute atomic E-state index is 0.578. The molecule has 19 heavy (non-hydrogen) atoms. The van der Waals surface area contributed by atoms with Crippen LogP contribution in [-0.2, 0) is 6.54 Å². The molecule has 0 amide bonds. The predicted molar refractivity (Wildman–Crippen MR) is 77.8 cm³/mol. The number of ether oxygens (including phenoxy) is 2. The van der Waals surface area contributed by atoms with Crippen molar-refractivity contribution in [2.45, 2.75) is 45.2 Å². The van der Waals surface area contributed by atoms with Crippen LogP contribution in [0.15, 0.2) is 18.2 Å². The summed E-state index contributed by atoms with van der Waals surface area (Å²) < 4.78 is 10.6. The predicted octanol–water partition coefficient (Wildman–Crippen LogP) is 3.37. The van der Waals surface area contributed by atoms with E-state index in [0.29, 0.717) is 6.04 Å². The molecule has 1 aromatic carbocycles. The zero-order valence-electron chi connectivity index (χ0n) is 12.2. The number of nitrogens with one attached hydrogen (secondary N) is 1. The molecule has 0 unspecified atom stereocenters. The molecule has 0 heterocycles. The fourth-order valence-electron chi connectivity index (χ4n) is 2.89. The molecule has 1 aliphatic carbocycles. The van der Waals surface area contributed by atoms with Crippen LogP contribution in [-0.4, -0.2) is 20.3 Å². The third kappa shape index (κ3) is 3.63. The van der Waals surface area contributed by atoms with E-state index in [9.17, 15) is 0 Å². The summed E-state index contributed by atoms with van der Waals surface area (Å²) in [4.78, 5) is 0. The second-order valence-electron chi connectivity index (χ2n) is 5.39. The Morgan fingerprint density at radius 2 is 1.95 bits per heavy atom. The van der Waals surface area contributed by atoms with Crippen LogP contribution in [0.1, 0.15) is 38.2 Å². The third-order valence-electron chi connectivity index (χ3n) is 4.22. The largest absolute Gasteiger partial charge is 0.497 e. The monoisotopic (exact) mass is 263 g/mol. The van der Waals surface area contributed by atoms with Crippen molar-refractivity contribution in [1.29, 1.82) is 0 Å². The summed E-state index contributed by atoms with van der Waals surface area (Å²) in [6.45, 7) is 3.15. The fraction of sp³-hybridized carbons (Fsp3) is 0.625. The molecule has 1 aliphatic rings. The van der Waals surface area contributed by atoms with Gasteiger partial charge in [-0.25, -0.2) is 0 Å². The molecule has 1 N–H and O–H groups in total. The van der Waals surface area contributed by atoms with E-state index >= 15 is 0 Å². The molecule has 3 nitrogen and oxygen atoms in total. The van der Waals surface area contributed by atoms with Crippen molar-refractivity contribution in [3.8, 4) is 11.5 Å². The highest BCUT2D eigenvalue weighted by atomic mass is 16.5. The summed E-state index contributed by atoms with van der Waals surface area (Å²) in [5, 5.41) is 3.63. The maximum Gasteiger partial charge on any atom is 0.127 e. The Kier molecular flexibility index (Phi) is 5.08. The van der Waals surface area contributed by atoms with E-state index in [0.717, 1.165) is 24.0 Å². The first-order valence-corrected chi connectivity index (χ1v) is 7.19. The van der Waals surface area contributed by atoms with Crippen LogP contribution < -0.4 is 14.8 Å². The average Bonchev–Trinajstić information content (AvgIpc) is 2.98. The average molecular weight is 263 g/mol. The van der Waals surface area contributed by atoms with Crippen LogP contribution in [0.4, 0.5) is 0 Å². The summed E-state index contributed by atoms with van der Waals surface area (Å²) in [6, 6.07) is 6.58. The van der Waals surface area contributed by atoms with E-state index in [1.54, 1.807) is 14.2 Å². The highest BCUT2D eigenvalue weighted by Gasteiger charge is 2.21. The van der Waals surface area contributed by atoms with Gasteiger partial charge in [0, 0.05) is 24.2 Å². The maximum absolute atomic E-state index is 5.43. The lowest BCUT2D eigenvalue weighted by Crippen LogP contribution is -2.31. The molecule has 0 aromatic heterocycles. The fourth-order valence-corrected chi connectivity index (χ4v) is 2.89. The zero-order valence-corrected chi connectivity index (χ0v) is 12.2. The lowest BCUT2D eigenvalue weighted by molar-refractivity contribution is 0.368. The van der Waals surface area contributed by atoms with E-state index in [-0.39, 0.29) is 0 Å². The third-order valence-corrected chi connectivity index (χ3v) is 4.22. The summed E-state index contributed by atoms with van der Waals surface area (Å²) in [5.74, 6) is 2.57. The maximum atomic E-state index is 5.43. The lowest BCUT2D eigenvalue weighted by Gasteiger charge is -2.21. The Bertz CT molecular complexity index is 400. The van der Waals surface area contributed by atoms with Crippen molar-refractivity contribution in [2.24, 2.45) is 5.92 Å². The van der Waals surface area contributed by atoms with Crippen molar-refractivity contribution < 1.29 is 9.47 Å². The van der Waals surface area contributed by atoms with Crippen LogP contribution >= 0.6 is 0 Å². The molecule has 0 aliphatic heterocycles. The second-order valence-corrected chi connectivity index (χ2v) is 5.39. The molecule has 1 fully saturated rings. The van der Waals surface area contributed by atoms with Crippen LogP contribution in [0, 0.1) is 5.92 Å². The molecule has 1 saturated carbocycles. The number of hydrogen-bond acceptors (Lipinski definition) is 3. The summed E-state index contributed by atoms with van der Waals surface area (Å²) in [6.07, 6.45) is 5.52. The topological polar surface area (TPSA) is 30.5 Å². The summed E-state index contributed by atoms with van der Waals surface area (Å²) in [5.41, 5.74) is 1.19. The molecule has 1 atom stereocenters. The Labute approximate surface area is 116 Å². The van der Waals surface area contributed by atoms with Gasteiger partial charge in [0.05, 0.1) is 14.2 Å². The number of methoxy groups -OCH3 is 2. The summed E-state index contributed by atoms with van der Waals surface area (Å²) in [7, 11) is 3.38. The SMILES string of the molecule is COc1ccc(CN[C@H](C)C2CCCC2)c(OC)c1. The molecular weight excluding hydrogens is 238 g/mol. The minimum atomic E-state index is 0.578. The molecule has 2 rings (SSSR count). The first-order valence-electron chi connectivity index (χ1n) is 7.19. The van der Waals surface area contributed by atoms with Crippen LogP contribution in [0.5, 0.6) is 11.5 Å². The lowest BCUT2D eigenvalue weighted by atomic mass is 9.99. The molecule has 3 heteroatoms. The van der Waals surface area contributed by atoms with Crippen LogP contribution in [0.3, 0.4) is 0 Å². The molecule has 0 radical (unpaired) electrons. The van der Waals surface area contributed by atoms with Gasteiger partial charge in [-0.3, -0.25) is 0 Å². The Hall–Kier alpha value is -1.22. The smallest absolute Gasteiger partial charge is 0.127 e. The standard InChI is InChI=1S/C16H25NO2/c1-12(13-6-4-5-7-13)17-11-14-8-9-15(18-2)10-16(14)19-3/h8-10,12-13,17H,4-7,11H2,1-3H3/t12-/m1/s1. The summed E-state index contributed by atoms with van der Waals surface area (Å²) >= 11 is 0. The van der Waals surface area contributed by atoms with Crippen molar-refractivity contribution in [3.05, 3.63) is 23.8 Å². The van der Waals surface area contributed by atoms with Gasteiger partial charge in [-0.1, -0.05) is 18.9 Å². The van der Waals surface area contributed by atoms with Gasteiger partial charge in [0.2, 0.25) is 0 Å². The first-order chi connectivity index (χ1) is 9.24. The van der Waals surface area contributed by atoms with Gasteiger partial charge in [0.15, 0.2) is 0 Å². The molecule has 0 saturated heterocycles. The van der Waals surface area contributed by atoms with E-state index < -0.39 is 0 Å². The number of rotatable bonds is 6. The van der Waals surface area contributed by atoms with E-state index in [1.807, 2.05) is 12.1 Å². The number of benzene rings is 1. The molecule has 1 aromatic rings. The van der Waals surface area contributed by atoms with Crippen LogP contribution in [0.25, 0.3) is 0 Å². The van der Waals surface area contributed by atoms with Gasteiger partial charge in [0.25, 0.3) is 0 Å². The second kappa shape index (κ2) is 6.80. The first kappa shape index (κ1) is 14.2.